The lowest BCUT2D eigenvalue weighted by molar-refractivity contribution is -0.115. The van der Waals surface area contributed by atoms with E-state index >= 15 is 0 Å². The summed E-state index contributed by atoms with van der Waals surface area (Å²) in [5, 5.41) is -0.233. The molecule has 0 aliphatic rings. The molecule has 1 rings (SSSR count). The molecule has 0 aliphatic heterocycles. The van der Waals surface area contributed by atoms with Crippen LogP contribution in [0.5, 0.6) is 0 Å². The Morgan fingerprint density at radius 1 is 1.43 bits per heavy atom. The van der Waals surface area contributed by atoms with Crippen LogP contribution in [0.1, 0.15) is 5.56 Å². The summed E-state index contributed by atoms with van der Waals surface area (Å²) in [4.78, 5) is 23.0. The molecule has 4 heteroatoms. The van der Waals surface area contributed by atoms with Crippen LogP contribution in [-0.4, -0.2) is 22.8 Å². The molecule has 14 heavy (non-hydrogen) atoms. The van der Waals surface area contributed by atoms with Gasteiger partial charge in [0.25, 0.3) is 5.24 Å². The van der Waals surface area contributed by atoms with Gasteiger partial charge in [0.15, 0.2) is 0 Å². The smallest absolute Gasteiger partial charge is 0.278 e. The van der Waals surface area contributed by atoms with E-state index in [1.165, 1.54) is 0 Å². The van der Waals surface area contributed by atoms with Crippen molar-refractivity contribution in [1.82, 2.24) is 4.90 Å². The number of imide groups is 1. The summed E-state index contributed by atoms with van der Waals surface area (Å²) in [7, 11) is 0. The zero-order valence-corrected chi connectivity index (χ0v) is 8.66. The van der Waals surface area contributed by atoms with Crippen LogP contribution in [0.15, 0.2) is 30.3 Å². The fourth-order valence-corrected chi connectivity index (χ4v) is 1.38. The summed E-state index contributed by atoms with van der Waals surface area (Å²) in [6, 6.07) is 9.41. The highest BCUT2D eigenvalue weighted by Crippen LogP contribution is 2.08. The van der Waals surface area contributed by atoms with Crippen LogP contribution in [-0.2, 0) is 11.3 Å². The van der Waals surface area contributed by atoms with Crippen molar-refractivity contribution in [2.24, 2.45) is 0 Å². The second kappa shape index (κ2) is 5.44. The van der Waals surface area contributed by atoms with Crippen LogP contribution < -0.4 is 0 Å². The number of carbonyl (C=O) groups is 2. The van der Waals surface area contributed by atoms with Gasteiger partial charge in [-0.25, -0.2) is 0 Å². The van der Waals surface area contributed by atoms with Gasteiger partial charge in [0.05, 0.1) is 6.54 Å². The molecule has 0 aromatic heterocycles. The van der Waals surface area contributed by atoms with Gasteiger partial charge in [0.1, 0.15) is 0 Å². The zero-order valence-electron chi connectivity index (χ0n) is 7.84. The summed E-state index contributed by atoms with van der Waals surface area (Å²) in [6.45, 7) is 0.337. The van der Waals surface area contributed by atoms with Crippen molar-refractivity contribution < 1.29 is 9.59 Å². The van der Waals surface area contributed by atoms with Crippen molar-refractivity contribution in [3.63, 3.8) is 0 Å². The molecule has 0 spiro atoms. The summed E-state index contributed by atoms with van der Waals surface area (Å²) in [6.07, 6.45) is 2.22. The van der Waals surface area contributed by atoms with Gasteiger partial charge in [-0.3, -0.25) is 14.5 Å². The SMILES string of the molecule is CSC(=O)N(C=O)Cc1ccccc1. The molecular weight excluding hydrogens is 198 g/mol. The Bertz CT molecular complexity index is 313. The highest BCUT2D eigenvalue weighted by molar-refractivity contribution is 8.12. The van der Waals surface area contributed by atoms with Crippen LogP contribution in [0.25, 0.3) is 0 Å². The molecule has 0 atom stereocenters. The molecule has 1 aromatic rings. The molecule has 3 nitrogen and oxygen atoms in total. The van der Waals surface area contributed by atoms with Crippen LogP contribution in [0.4, 0.5) is 4.79 Å². The van der Waals surface area contributed by atoms with Gasteiger partial charge in [-0.15, -0.1) is 0 Å². The van der Waals surface area contributed by atoms with Crippen LogP contribution in [0, 0.1) is 0 Å². The molecule has 0 fully saturated rings. The Morgan fingerprint density at radius 3 is 2.57 bits per heavy atom. The first-order chi connectivity index (χ1) is 6.77. The highest BCUT2D eigenvalue weighted by Gasteiger charge is 2.10. The number of thioether (sulfide) groups is 1. The minimum absolute atomic E-state index is 0.233. The number of benzene rings is 1. The number of rotatable bonds is 3. The third-order valence-corrected chi connectivity index (χ3v) is 2.32. The molecule has 0 radical (unpaired) electrons. The third-order valence-electron chi connectivity index (χ3n) is 1.73. The lowest BCUT2D eigenvalue weighted by Gasteiger charge is -2.13. The van der Waals surface area contributed by atoms with E-state index in [2.05, 4.69) is 0 Å². The van der Waals surface area contributed by atoms with Gasteiger partial charge < -0.3 is 0 Å². The Hall–Kier alpha value is -1.29. The number of hydrogen-bond acceptors (Lipinski definition) is 3. The summed E-state index contributed by atoms with van der Waals surface area (Å²) in [5.74, 6) is 0. The first-order valence-corrected chi connectivity index (χ1v) is 5.34. The highest BCUT2D eigenvalue weighted by atomic mass is 32.2. The van der Waals surface area contributed by atoms with E-state index in [9.17, 15) is 9.59 Å². The van der Waals surface area contributed by atoms with Gasteiger partial charge >= 0.3 is 0 Å². The van der Waals surface area contributed by atoms with E-state index in [1.807, 2.05) is 30.3 Å². The normalized spacial score (nSPS) is 9.50. The molecule has 0 aliphatic carbocycles. The van der Waals surface area contributed by atoms with E-state index in [1.54, 1.807) is 6.26 Å². The molecule has 2 amide bonds. The first-order valence-electron chi connectivity index (χ1n) is 4.11. The summed E-state index contributed by atoms with van der Waals surface area (Å²) < 4.78 is 0. The Labute approximate surface area is 87.1 Å². The molecule has 0 N–H and O–H groups in total. The van der Waals surface area contributed by atoms with Crippen LogP contribution >= 0.6 is 11.8 Å². The lowest BCUT2D eigenvalue weighted by Crippen LogP contribution is -2.25. The third kappa shape index (κ3) is 2.88. The van der Waals surface area contributed by atoms with Crippen molar-refractivity contribution in [3.8, 4) is 0 Å². The van der Waals surface area contributed by atoms with Gasteiger partial charge in [0, 0.05) is 0 Å². The first kappa shape index (κ1) is 10.8. The molecule has 0 saturated carbocycles. The molecular formula is C10H11NO2S. The summed E-state index contributed by atoms with van der Waals surface area (Å²) in [5.41, 5.74) is 0.946. The molecule has 0 heterocycles. The predicted molar refractivity (Wildman–Crippen MR) is 57.0 cm³/mol. The van der Waals surface area contributed by atoms with Gasteiger partial charge in [-0.2, -0.15) is 0 Å². The maximum Gasteiger partial charge on any atom is 0.288 e. The quantitative estimate of drug-likeness (QED) is 0.716. The van der Waals surface area contributed by atoms with Crippen molar-refractivity contribution >= 4 is 23.4 Å². The van der Waals surface area contributed by atoms with Crippen molar-refractivity contribution in [1.29, 1.82) is 0 Å². The number of carbonyl (C=O) groups excluding carboxylic acids is 2. The molecule has 0 unspecified atom stereocenters. The standard InChI is InChI=1S/C10H11NO2S/c1-14-10(13)11(8-12)7-9-5-3-2-4-6-9/h2-6,8H,7H2,1H3. The maximum atomic E-state index is 11.2. The van der Waals surface area contributed by atoms with Crippen molar-refractivity contribution in [3.05, 3.63) is 35.9 Å². The lowest BCUT2D eigenvalue weighted by atomic mass is 10.2. The maximum absolute atomic E-state index is 11.2. The average Bonchev–Trinajstić information content (AvgIpc) is 2.26. The van der Waals surface area contributed by atoms with Gasteiger partial charge in [-0.1, -0.05) is 42.1 Å². The van der Waals surface area contributed by atoms with E-state index in [0.29, 0.717) is 13.0 Å². The van der Waals surface area contributed by atoms with E-state index in [0.717, 1.165) is 22.2 Å². The summed E-state index contributed by atoms with van der Waals surface area (Å²) >= 11 is 1.03. The molecule has 0 saturated heterocycles. The topological polar surface area (TPSA) is 37.4 Å². The van der Waals surface area contributed by atoms with Gasteiger partial charge in [-0.05, 0) is 11.8 Å². The second-order valence-corrected chi connectivity index (χ2v) is 3.45. The Morgan fingerprint density at radius 2 is 2.07 bits per heavy atom. The second-order valence-electron chi connectivity index (χ2n) is 2.69. The van der Waals surface area contributed by atoms with E-state index in [4.69, 9.17) is 0 Å². The Balaban J connectivity index is 2.66. The van der Waals surface area contributed by atoms with Crippen LogP contribution in [0.2, 0.25) is 0 Å². The number of amides is 2. The zero-order chi connectivity index (χ0) is 10.4. The Kier molecular flexibility index (Phi) is 4.19. The monoisotopic (exact) mass is 209 g/mol. The fraction of sp³-hybridized carbons (Fsp3) is 0.200. The van der Waals surface area contributed by atoms with Crippen LogP contribution in [0.3, 0.4) is 0 Å². The number of hydrogen-bond donors (Lipinski definition) is 0. The molecule has 74 valence electrons. The van der Waals surface area contributed by atoms with Crippen molar-refractivity contribution in [2.45, 2.75) is 6.54 Å². The predicted octanol–water partition coefficient (Wildman–Crippen LogP) is 2.13. The minimum atomic E-state index is -0.233. The van der Waals surface area contributed by atoms with E-state index in [-0.39, 0.29) is 5.24 Å². The molecule has 1 aromatic carbocycles. The molecule has 0 bridgehead atoms. The minimum Gasteiger partial charge on any atom is -0.278 e. The average molecular weight is 209 g/mol. The van der Waals surface area contributed by atoms with E-state index < -0.39 is 0 Å². The number of nitrogens with zero attached hydrogens (tertiary/aromatic N) is 1. The fourth-order valence-electron chi connectivity index (χ4n) is 1.04. The van der Waals surface area contributed by atoms with Crippen molar-refractivity contribution in [2.75, 3.05) is 6.26 Å². The largest absolute Gasteiger partial charge is 0.288 e. The van der Waals surface area contributed by atoms with Gasteiger partial charge in [0.2, 0.25) is 6.41 Å².